The lowest BCUT2D eigenvalue weighted by atomic mass is 9.95. The van der Waals surface area contributed by atoms with E-state index >= 15 is 0 Å². The van der Waals surface area contributed by atoms with Crippen LogP contribution in [0.15, 0.2) is 180 Å². The summed E-state index contributed by atoms with van der Waals surface area (Å²) in [7, 11) is 0. The maximum Gasteiger partial charge on any atom is 0.137 e. The molecule has 1 aromatic heterocycles. The summed E-state index contributed by atoms with van der Waals surface area (Å²) in [6.07, 6.45) is 0. The third-order valence-corrected chi connectivity index (χ3v) is 9.83. The van der Waals surface area contributed by atoms with Gasteiger partial charge in [0.15, 0.2) is 0 Å². The molecular formula is C46H29NO. The zero-order valence-corrected chi connectivity index (χ0v) is 26.1. The van der Waals surface area contributed by atoms with Gasteiger partial charge in [0.1, 0.15) is 11.2 Å². The summed E-state index contributed by atoms with van der Waals surface area (Å²) >= 11 is 0. The van der Waals surface area contributed by atoms with Crippen molar-refractivity contribution in [2.24, 2.45) is 0 Å². The van der Waals surface area contributed by atoms with Crippen LogP contribution in [0.3, 0.4) is 0 Å². The SMILES string of the molecule is c1ccc2c(-c3ccc(N(c4ccc5c(c4)oc4ccccc45)c4cc5c6ccccc6ccc5c5ccccc45)cc3)cccc2c1. The predicted octanol–water partition coefficient (Wildman–Crippen LogP) is 13.3. The van der Waals surface area contributed by atoms with Crippen LogP contribution in [-0.4, -0.2) is 0 Å². The number of fused-ring (bicyclic) bond motifs is 9. The van der Waals surface area contributed by atoms with Crippen LogP contribution < -0.4 is 4.90 Å². The molecule has 0 bridgehead atoms. The molecule has 0 radical (unpaired) electrons. The third-order valence-electron chi connectivity index (χ3n) is 9.83. The molecule has 0 atom stereocenters. The first-order chi connectivity index (χ1) is 23.8. The molecule has 0 N–H and O–H groups in total. The Morgan fingerprint density at radius 3 is 1.75 bits per heavy atom. The van der Waals surface area contributed by atoms with Crippen LogP contribution in [0.5, 0.6) is 0 Å². The van der Waals surface area contributed by atoms with Crippen LogP contribution in [0.4, 0.5) is 17.1 Å². The largest absolute Gasteiger partial charge is 0.456 e. The van der Waals surface area contributed by atoms with Gasteiger partial charge in [-0.25, -0.2) is 0 Å². The lowest BCUT2D eigenvalue weighted by Gasteiger charge is -2.28. The first kappa shape index (κ1) is 26.8. The van der Waals surface area contributed by atoms with E-state index in [1.807, 2.05) is 12.1 Å². The van der Waals surface area contributed by atoms with Gasteiger partial charge in [-0.05, 0) is 85.2 Å². The Bertz CT molecular complexity index is 2840. The Morgan fingerprint density at radius 1 is 0.333 bits per heavy atom. The zero-order chi connectivity index (χ0) is 31.6. The van der Waals surface area contributed by atoms with Crippen molar-refractivity contribution in [3.05, 3.63) is 176 Å². The minimum absolute atomic E-state index is 0.877. The van der Waals surface area contributed by atoms with Gasteiger partial charge in [-0.1, -0.05) is 133 Å². The molecule has 2 heteroatoms. The standard InChI is InChI=1S/C46H29NO/c1-3-13-35-30(10-1)12-9-18-36(35)32-20-23-33(24-21-32)47(34-25-27-42-41-17-7-8-19-45(41)48-46(42)28-34)44-29-43-37-14-4-2-11-31(37)22-26-39(43)38-15-5-6-16-40(38)44/h1-29H. The summed E-state index contributed by atoms with van der Waals surface area (Å²) in [6.45, 7) is 0. The molecule has 0 aliphatic carbocycles. The molecule has 2 nitrogen and oxygen atoms in total. The van der Waals surface area contributed by atoms with E-state index in [4.69, 9.17) is 4.42 Å². The van der Waals surface area contributed by atoms with Gasteiger partial charge in [-0.15, -0.1) is 0 Å². The van der Waals surface area contributed by atoms with Crippen molar-refractivity contribution in [1.29, 1.82) is 0 Å². The average Bonchev–Trinajstić information content (AvgIpc) is 3.53. The van der Waals surface area contributed by atoms with E-state index in [2.05, 4.69) is 169 Å². The second-order valence-electron chi connectivity index (χ2n) is 12.5. The topological polar surface area (TPSA) is 16.4 Å². The Kier molecular flexibility index (Phi) is 5.91. The maximum atomic E-state index is 6.42. The summed E-state index contributed by atoms with van der Waals surface area (Å²) in [5, 5.41) is 12.2. The zero-order valence-electron chi connectivity index (χ0n) is 26.1. The van der Waals surface area contributed by atoms with Gasteiger partial charge in [-0.2, -0.15) is 0 Å². The fourth-order valence-electron chi connectivity index (χ4n) is 7.57. The summed E-state index contributed by atoms with van der Waals surface area (Å²) < 4.78 is 6.42. The Morgan fingerprint density at radius 2 is 0.917 bits per heavy atom. The molecule has 0 unspecified atom stereocenters. The quantitative estimate of drug-likeness (QED) is 0.184. The average molecular weight is 612 g/mol. The summed E-state index contributed by atoms with van der Waals surface area (Å²) in [5.74, 6) is 0. The van der Waals surface area contributed by atoms with Crippen LogP contribution in [0.2, 0.25) is 0 Å². The van der Waals surface area contributed by atoms with Crippen molar-refractivity contribution in [3.63, 3.8) is 0 Å². The lowest BCUT2D eigenvalue weighted by Crippen LogP contribution is -2.10. The molecule has 0 spiro atoms. The van der Waals surface area contributed by atoms with Crippen LogP contribution in [0.25, 0.3) is 76.2 Å². The number of hydrogen-bond donors (Lipinski definition) is 0. The number of para-hydroxylation sites is 1. The van der Waals surface area contributed by atoms with Gasteiger partial charge < -0.3 is 9.32 Å². The summed E-state index contributed by atoms with van der Waals surface area (Å²) in [4.78, 5) is 2.39. The minimum atomic E-state index is 0.877. The van der Waals surface area contributed by atoms with Gasteiger partial charge >= 0.3 is 0 Å². The molecule has 0 amide bonds. The molecule has 9 aromatic carbocycles. The van der Waals surface area contributed by atoms with Crippen molar-refractivity contribution in [2.45, 2.75) is 0 Å². The number of hydrogen-bond acceptors (Lipinski definition) is 2. The highest BCUT2D eigenvalue weighted by Gasteiger charge is 2.20. The molecule has 0 saturated carbocycles. The van der Waals surface area contributed by atoms with Crippen molar-refractivity contribution >= 4 is 82.1 Å². The van der Waals surface area contributed by atoms with Gasteiger partial charge in [0.05, 0.1) is 5.69 Å². The lowest BCUT2D eigenvalue weighted by molar-refractivity contribution is 0.669. The van der Waals surface area contributed by atoms with Crippen LogP contribution >= 0.6 is 0 Å². The van der Waals surface area contributed by atoms with E-state index in [1.54, 1.807) is 0 Å². The number of rotatable bonds is 4. The normalized spacial score (nSPS) is 11.8. The molecule has 0 aliphatic rings. The fourth-order valence-corrected chi connectivity index (χ4v) is 7.57. The molecule has 48 heavy (non-hydrogen) atoms. The number of nitrogens with zero attached hydrogens (tertiary/aromatic N) is 1. The Balaban J connectivity index is 1.24. The first-order valence-electron chi connectivity index (χ1n) is 16.4. The van der Waals surface area contributed by atoms with Crippen molar-refractivity contribution < 1.29 is 4.42 Å². The van der Waals surface area contributed by atoms with Gasteiger partial charge in [-0.3, -0.25) is 0 Å². The van der Waals surface area contributed by atoms with E-state index in [1.165, 1.54) is 54.2 Å². The molecular weight excluding hydrogens is 583 g/mol. The van der Waals surface area contributed by atoms with E-state index in [9.17, 15) is 0 Å². The van der Waals surface area contributed by atoms with Crippen LogP contribution in [-0.2, 0) is 0 Å². The number of anilines is 3. The summed E-state index contributed by atoms with van der Waals surface area (Å²) in [6, 6.07) is 63.4. The maximum absolute atomic E-state index is 6.42. The van der Waals surface area contributed by atoms with Crippen LogP contribution in [0, 0.1) is 0 Å². The predicted molar refractivity (Wildman–Crippen MR) is 204 cm³/mol. The van der Waals surface area contributed by atoms with Crippen molar-refractivity contribution in [3.8, 4) is 11.1 Å². The minimum Gasteiger partial charge on any atom is -0.456 e. The second kappa shape index (κ2) is 10.6. The highest BCUT2D eigenvalue weighted by atomic mass is 16.3. The molecule has 10 aromatic rings. The van der Waals surface area contributed by atoms with E-state index < -0.39 is 0 Å². The van der Waals surface area contributed by atoms with Crippen molar-refractivity contribution in [2.75, 3.05) is 4.90 Å². The fraction of sp³-hybridized carbons (Fsp3) is 0. The van der Waals surface area contributed by atoms with E-state index in [0.717, 1.165) is 39.0 Å². The molecule has 0 fully saturated rings. The highest BCUT2D eigenvalue weighted by molar-refractivity contribution is 6.21. The third kappa shape index (κ3) is 4.13. The Hall–Kier alpha value is -6.38. The molecule has 224 valence electrons. The van der Waals surface area contributed by atoms with Crippen molar-refractivity contribution in [1.82, 2.24) is 0 Å². The molecule has 10 rings (SSSR count). The number of benzene rings is 9. The van der Waals surface area contributed by atoms with Gasteiger partial charge in [0.25, 0.3) is 0 Å². The van der Waals surface area contributed by atoms with Crippen LogP contribution in [0.1, 0.15) is 0 Å². The monoisotopic (exact) mass is 611 g/mol. The van der Waals surface area contributed by atoms with Gasteiger partial charge in [0.2, 0.25) is 0 Å². The summed E-state index contributed by atoms with van der Waals surface area (Å²) in [5.41, 5.74) is 7.46. The molecule has 0 saturated heterocycles. The highest BCUT2D eigenvalue weighted by Crippen LogP contribution is 2.45. The first-order valence-corrected chi connectivity index (χ1v) is 16.4. The second-order valence-corrected chi connectivity index (χ2v) is 12.5. The van der Waals surface area contributed by atoms with E-state index in [-0.39, 0.29) is 0 Å². The molecule has 1 heterocycles. The van der Waals surface area contributed by atoms with E-state index in [0.29, 0.717) is 0 Å². The smallest absolute Gasteiger partial charge is 0.137 e. The Labute approximate surface area is 277 Å². The molecule has 0 aliphatic heterocycles. The number of furan rings is 1. The van der Waals surface area contributed by atoms with Gasteiger partial charge in [0, 0.05) is 33.6 Å².